The molecule has 1 aromatic rings. The molecule has 0 aliphatic rings. The Morgan fingerprint density at radius 1 is 1.25 bits per heavy atom. The van der Waals surface area contributed by atoms with Crippen LogP contribution >= 0.6 is 0 Å². The zero-order valence-electron chi connectivity index (χ0n) is 13.6. The van der Waals surface area contributed by atoms with Gasteiger partial charge in [0.2, 0.25) is 0 Å². The van der Waals surface area contributed by atoms with E-state index in [1.807, 2.05) is 0 Å². The minimum absolute atomic E-state index is 0.187. The molecule has 0 saturated heterocycles. The minimum atomic E-state index is -4.52. The molecule has 0 unspecified atom stereocenters. The molecule has 0 saturated carbocycles. The van der Waals surface area contributed by atoms with Crippen LogP contribution in [-0.2, 0) is 26.9 Å². The number of carbonyl (C=O) groups is 2. The van der Waals surface area contributed by atoms with Crippen LogP contribution in [0.2, 0.25) is 0 Å². The lowest BCUT2D eigenvalue weighted by atomic mass is 9.93. The van der Waals surface area contributed by atoms with E-state index in [2.05, 4.69) is 0 Å². The third kappa shape index (κ3) is 5.84. The van der Waals surface area contributed by atoms with Crippen molar-refractivity contribution < 1.29 is 32.6 Å². The Labute approximate surface area is 137 Å². The van der Waals surface area contributed by atoms with E-state index in [0.29, 0.717) is 0 Å². The standard InChI is InChI=1S/C16H20F3NO4/c1-15(2,3)24-14(23)12(13(21)22)11(20)8-9-5-4-6-10(7-9)16(17,18)19/h4-7,11-12H,8,20H2,1-3H3,(H,21,22)/t11-,12+/m1/s1. The Morgan fingerprint density at radius 3 is 2.29 bits per heavy atom. The van der Waals surface area contributed by atoms with Gasteiger partial charge in [0.15, 0.2) is 5.92 Å². The summed E-state index contributed by atoms with van der Waals surface area (Å²) >= 11 is 0. The molecule has 0 amide bonds. The largest absolute Gasteiger partial charge is 0.481 e. The molecular formula is C16H20F3NO4. The van der Waals surface area contributed by atoms with Crippen LogP contribution in [0.5, 0.6) is 0 Å². The molecule has 1 rings (SSSR count). The lowest BCUT2D eigenvalue weighted by Gasteiger charge is -2.25. The Kier molecular flexibility index (Phi) is 5.99. The first-order valence-electron chi connectivity index (χ1n) is 7.18. The highest BCUT2D eigenvalue weighted by Gasteiger charge is 2.37. The van der Waals surface area contributed by atoms with Crippen LogP contribution in [0.15, 0.2) is 24.3 Å². The van der Waals surface area contributed by atoms with Gasteiger partial charge in [-0.1, -0.05) is 18.2 Å². The number of aliphatic carboxylic acids is 1. The summed E-state index contributed by atoms with van der Waals surface area (Å²) in [6.07, 6.45) is -4.72. The average molecular weight is 347 g/mol. The third-order valence-electron chi connectivity index (χ3n) is 3.08. The molecule has 134 valence electrons. The second-order valence-electron chi connectivity index (χ2n) is 6.42. The van der Waals surface area contributed by atoms with Gasteiger partial charge in [-0.25, -0.2) is 0 Å². The summed E-state index contributed by atoms with van der Waals surface area (Å²) in [7, 11) is 0. The van der Waals surface area contributed by atoms with Crippen molar-refractivity contribution in [2.45, 2.75) is 45.0 Å². The smallest absolute Gasteiger partial charge is 0.416 e. The monoisotopic (exact) mass is 347 g/mol. The fraction of sp³-hybridized carbons (Fsp3) is 0.500. The zero-order valence-corrected chi connectivity index (χ0v) is 13.6. The summed E-state index contributed by atoms with van der Waals surface area (Å²) in [4.78, 5) is 23.3. The number of carbonyl (C=O) groups excluding carboxylic acids is 1. The number of esters is 1. The van der Waals surface area contributed by atoms with Crippen LogP contribution in [0, 0.1) is 5.92 Å². The molecule has 2 atom stereocenters. The second kappa shape index (κ2) is 7.21. The molecule has 24 heavy (non-hydrogen) atoms. The lowest BCUT2D eigenvalue weighted by molar-refractivity contribution is -0.167. The molecule has 0 radical (unpaired) electrons. The average Bonchev–Trinajstić information content (AvgIpc) is 2.35. The Bertz CT molecular complexity index is 608. The number of hydrogen-bond donors (Lipinski definition) is 2. The molecule has 0 aromatic heterocycles. The summed E-state index contributed by atoms with van der Waals surface area (Å²) in [6, 6.07) is 3.16. The number of nitrogens with two attached hydrogens (primary N) is 1. The number of halogens is 3. The van der Waals surface area contributed by atoms with E-state index in [1.54, 1.807) is 20.8 Å². The number of benzene rings is 1. The molecule has 8 heteroatoms. The first kappa shape index (κ1) is 20.0. The molecule has 3 N–H and O–H groups in total. The minimum Gasteiger partial charge on any atom is -0.481 e. The molecular weight excluding hydrogens is 327 g/mol. The SMILES string of the molecule is CC(C)(C)OC(=O)[C@H](C(=O)O)[C@H](N)Cc1cccc(C(F)(F)F)c1. The van der Waals surface area contributed by atoms with Gasteiger partial charge in [-0.15, -0.1) is 0 Å². The number of carboxylic acids is 1. The molecule has 5 nitrogen and oxygen atoms in total. The van der Waals surface area contributed by atoms with Crippen molar-refractivity contribution in [3.8, 4) is 0 Å². The fourth-order valence-corrected chi connectivity index (χ4v) is 2.09. The molecule has 0 heterocycles. The maximum Gasteiger partial charge on any atom is 0.416 e. The molecule has 0 spiro atoms. The Hall–Kier alpha value is -2.09. The summed E-state index contributed by atoms with van der Waals surface area (Å²) in [5, 5.41) is 9.21. The molecule has 0 fully saturated rings. The van der Waals surface area contributed by atoms with Gasteiger partial charge >= 0.3 is 18.1 Å². The van der Waals surface area contributed by atoms with Crippen molar-refractivity contribution >= 4 is 11.9 Å². The Morgan fingerprint density at radius 2 is 1.83 bits per heavy atom. The quantitative estimate of drug-likeness (QED) is 0.631. The van der Waals surface area contributed by atoms with Gasteiger partial charge in [0, 0.05) is 6.04 Å². The predicted molar refractivity (Wildman–Crippen MR) is 80.1 cm³/mol. The number of alkyl halides is 3. The first-order valence-corrected chi connectivity index (χ1v) is 7.18. The van der Waals surface area contributed by atoms with Gasteiger partial charge in [-0.3, -0.25) is 9.59 Å². The fourth-order valence-electron chi connectivity index (χ4n) is 2.09. The second-order valence-corrected chi connectivity index (χ2v) is 6.42. The third-order valence-corrected chi connectivity index (χ3v) is 3.08. The molecule has 0 aliphatic carbocycles. The number of hydrogen-bond acceptors (Lipinski definition) is 4. The molecule has 1 aromatic carbocycles. The normalized spacial score (nSPS) is 14.8. The van der Waals surface area contributed by atoms with E-state index in [9.17, 15) is 27.9 Å². The summed E-state index contributed by atoms with van der Waals surface area (Å²) in [5.74, 6) is -4.17. The van der Waals surface area contributed by atoms with Crippen LogP contribution in [0.4, 0.5) is 13.2 Å². The van der Waals surface area contributed by atoms with E-state index < -0.39 is 41.2 Å². The van der Waals surface area contributed by atoms with Crippen LogP contribution < -0.4 is 5.73 Å². The summed E-state index contributed by atoms with van der Waals surface area (Å²) in [6.45, 7) is 4.71. The van der Waals surface area contributed by atoms with Crippen molar-refractivity contribution in [3.63, 3.8) is 0 Å². The summed E-state index contributed by atoms with van der Waals surface area (Å²) in [5.41, 5.74) is 4.19. The first-order chi connectivity index (χ1) is 10.8. The zero-order chi connectivity index (χ0) is 18.7. The highest BCUT2D eigenvalue weighted by atomic mass is 19.4. The number of carboxylic acid groups (broad SMARTS) is 1. The van der Waals surface area contributed by atoms with Crippen LogP contribution in [0.1, 0.15) is 31.9 Å². The molecule has 0 aliphatic heterocycles. The topological polar surface area (TPSA) is 89.6 Å². The summed E-state index contributed by atoms with van der Waals surface area (Å²) < 4.78 is 43.1. The van der Waals surface area contributed by atoms with E-state index in [4.69, 9.17) is 10.5 Å². The van der Waals surface area contributed by atoms with E-state index in [-0.39, 0.29) is 12.0 Å². The van der Waals surface area contributed by atoms with Crippen LogP contribution in [0.3, 0.4) is 0 Å². The van der Waals surface area contributed by atoms with Gasteiger partial charge in [0.25, 0.3) is 0 Å². The van der Waals surface area contributed by atoms with Gasteiger partial charge < -0.3 is 15.6 Å². The highest BCUT2D eigenvalue weighted by Crippen LogP contribution is 2.30. The van der Waals surface area contributed by atoms with E-state index in [1.165, 1.54) is 12.1 Å². The Balaban J connectivity index is 2.96. The van der Waals surface area contributed by atoms with Crippen molar-refractivity contribution in [3.05, 3.63) is 35.4 Å². The lowest BCUT2D eigenvalue weighted by Crippen LogP contribution is -2.45. The number of rotatable bonds is 5. The maximum absolute atomic E-state index is 12.7. The molecule has 0 bridgehead atoms. The van der Waals surface area contributed by atoms with E-state index >= 15 is 0 Å². The van der Waals surface area contributed by atoms with Gasteiger partial charge in [-0.05, 0) is 38.8 Å². The van der Waals surface area contributed by atoms with Crippen molar-refractivity contribution in [2.75, 3.05) is 0 Å². The highest BCUT2D eigenvalue weighted by molar-refractivity contribution is 5.95. The van der Waals surface area contributed by atoms with Crippen molar-refractivity contribution in [1.29, 1.82) is 0 Å². The van der Waals surface area contributed by atoms with Gasteiger partial charge in [-0.2, -0.15) is 13.2 Å². The van der Waals surface area contributed by atoms with Gasteiger partial charge in [0.05, 0.1) is 5.56 Å². The van der Waals surface area contributed by atoms with Crippen molar-refractivity contribution in [2.24, 2.45) is 11.7 Å². The maximum atomic E-state index is 12.7. The van der Waals surface area contributed by atoms with Crippen LogP contribution in [-0.4, -0.2) is 28.7 Å². The van der Waals surface area contributed by atoms with Gasteiger partial charge in [0.1, 0.15) is 5.60 Å². The van der Waals surface area contributed by atoms with E-state index in [0.717, 1.165) is 12.1 Å². The van der Waals surface area contributed by atoms with Crippen LogP contribution in [0.25, 0.3) is 0 Å². The number of ether oxygens (including phenoxy) is 1. The van der Waals surface area contributed by atoms with Crippen molar-refractivity contribution in [1.82, 2.24) is 0 Å². The predicted octanol–water partition coefficient (Wildman–Crippen LogP) is 2.62.